The number of benzene rings is 1. The summed E-state index contributed by atoms with van der Waals surface area (Å²) >= 11 is 0. The molecule has 1 aromatic carbocycles. The number of carbonyl (C=O) groups is 1. The molecule has 0 saturated carbocycles. The van der Waals surface area contributed by atoms with Crippen molar-refractivity contribution in [3.63, 3.8) is 0 Å². The normalized spacial score (nSPS) is 23.3. The Hall–Kier alpha value is -2.51. The molecule has 1 saturated heterocycles. The molecular weight excluding hydrogens is 517 g/mol. The number of fused-ring (bicyclic) bond motifs is 1. The van der Waals surface area contributed by atoms with Gasteiger partial charge in [0, 0.05) is 11.1 Å². The van der Waals surface area contributed by atoms with Crippen LogP contribution in [-0.4, -0.2) is 68.7 Å². The number of nitrogens with one attached hydrogen (secondary N) is 1. The summed E-state index contributed by atoms with van der Waals surface area (Å²) in [5, 5.41) is 16.9. The van der Waals surface area contributed by atoms with E-state index in [9.17, 15) is 19.4 Å². The van der Waals surface area contributed by atoms with Gasteiger partial charge in [0.05, 0.1) is 12.8 Å². The third-order valence-electron chi connectivity index (χ3n) is 6.86. The van der Waals surface area contributed by atoms with Crippen molar-refractivity contribution in [1.82, 2.24) is 19.6 Å². The minimum atomic E-state index is -3.36. The van der Waals surface area contributed by atoms with Crippen LogP contribution in [0.1, 0.15) is 42.8 Å². The van der Waals surface area contributed by atoms with Crippen LogP contribution >= 0.6 is 8.25 Å². The van der Waals surface area contributed by atoms with Crippen LogP contribution in [0.5, 0.6) is 0 Å². The average Bonchev–Trinajstić information content (AvgIpc) is 3.40. The molecule has 0 spiro atoms. The smallest absolute Gasteiger partial charge is 0.317 e. The minimum Gasteiger partial charge on any atom is -0.408 e. The van der Waals surface area contributed by atoms with Gasteiger partial charge in [0.15, 0.2) is 14.0 Å². The highest BCUT2D eigenvalue weighted by atomic mass is 31.1. The number of ether oxygens (including phenoxy) is 1. The Bertz CT molecular complexity index is 1280. The van der Waals surface area contributed by atoms with Crippen LogP contribution in [0, 0.1) is 0 Å². The van der Waals surface area contributed by atoms with Gasteiger partial charge < -0.3 is 23.7 Å². The van der Waals surface area contributed by atoms with E-state index in [1.54, 1.807) is 24.3 Å². The van der Waals surface area contributed by atoms with Gasteiger partial charge in [-0.3, -0.25) is 14.7 Å². The molecule has 2 aromatic heterocycles. The Morgan fingerprint density at radius 3 is 2.54 bits per heavy atom. The molecule has 1 aliphatic rings. The SMILES string of the molecule is CC(C)(C)[Si](C)(C)O[C@@H]1[C@H](O[PH](=O)O)[C@@H](CO)O[C@H]1c1cnn2c(NC(=O)c3ccccc3)ncnc12. The predicted molar refractivity (Wildman–Crippen MR) is 138 cm³/mol. The quantitative estimate of drug-likeness (QED) is 0.282. The molecule has 200 valence electrons. The number of rotatable bonds is 8. The number of hydrogen-bond acceptors (Lipinski definition) is 9. The molecule has 1 fully saturated rings. The van der Waals surface area contributed by atoms with E-state index in [-0.39, 0.29) is 16.9 Å². The standard InChI is InChI=1S/C23H32N5O7PSi/c1-23(2,3)37(4,5)35-19-17(33-16(12-29)18(19)34-36(31)32)15-11-26-28-20(15)24-13-25-22(28)27-21(30)14-9-7-6-8-10-14/h6-11,13,16-19,29,36H,12H2,1-5H3,(H,31,32)(H,24,25,27,30)/t16-,17+,18-,19+/m1/s1. The Balaban J connectivity index is 1.72. The highest BCUT2D eigenvalue weighted by Crippen LogP contribution is 2.46. The maximum Gasteiger partial charge on any atom is 0.317 e. The first-order valence-electron chi connectivity index (χ1n) is 11.8. The molecule has 37 heavy (non-hydrogen) atoms. The zero-order chi connectivity index (χ0) is 27.0. The summed E-state index contributed by atoms with van der Waals surface area (Å²) in [6.07, 6.45) is -0.714. The first-order valence-corrected chi connectivity index (χ1v) is 16.0. The van der Waals surface area contributed by atoms with Crippen LogP contribution in [0.25, 0.3) is 5.65 Å². The van der Waals surface area contributed by atoms with Gasteiger partial charge in [-0.1, -0.05) is 39.0 Å². The maximum atomic E-state index is 12.7. The molecule has 1 unspecified atom stereocenters. The Labute approximate surface area is 216 Å². The lowest BCUT2D eigenvalue weighted by atomic mass is 10.0. The lowest BCUT2D eigenvalue weighted by Crippen LogP contribution is -2.48. The third-order valence-corrected chi connectivity index (χ3v) is 11.8. The van der Waals surface area contributed by atoms with Gasteiger partial charge in [-0.25, -0.2) is 9.97 Å². The van der Waals surface area contributed by atoms with Crippen molar-refractivity contribution in [3.8, 4) is 0 Å². The van der Waals surface area contributed by atoms with Crippen LogP contribution in [-0.2, 0) is 18.3 Å². The summed E-state index contributed by atoms with van der Waals surface area (Å²) in [5.74, 6) is -0.215. The van der Waals surface area contributed by atoms with Crippen molar-refractivity contribution in [2.24, 2.45) is 0 Å². The molecule has 3 N–H and O–H groups in total. The van der Waals surface area contributed by atoms with Crippen LogP contribution in [0.2, 0.25) is 18.1 Å². The maximum absolute atomic E-state index is 12.7. The van der Waals surface area contributed by atoms with Crippen LogP contribution in [0.4, 0.5) is 5.95 Å². The van der Waals surface area contributed by atoms with Crippen LogP contribution in [0.15, 0.2) is 42.9 Å². The van der Waals surface area contributed by atoms with E-state index < -0.39 is 47.6 Å². The molecule has 3 aromatic rings. The first kappa shape index (κ1) is 27.5. The zero-order valence-corrected chi connectivity index (χ0v) is 23.3. The van der Waals surface area contributed by atoms with Crippen LogP contribution in [0.3, 0.4) is 0 Å². The fourth-order valence-electron chi connectivity index (χ4n) is 3.91. The first-order chi connectivity index (χ1) is 17.4. The second-order valence-corrected chi connectivity index (χ2v) is 15.8. The van der Waals surface area contributed by atoms with Gasteiger partial charge >= 0.3 is 8.25 Å². The highest BCUT2D eigenvalue weighted by Gasteiger charge is 2.52. The molecule has 1 amide bonds. The van der Waals surface area contributed by atoms with Gasteiger partial charge in [-0.15, -0.1) is 0 Å². The van der Waals surface area contributed by atoms with E-state index in [0.29, 0.717) is 16.8 Å². The minimum absolute atomic E-state index is 0.150. The van der Waals surface area contributed by atoms with Gasteiger partial charge in [-0.2, -0.15) is 9.61 Å². The second kappa shape index (κ2) is 10.7. The van der Waals surface area contributed by atoms with Crippen molar-refractivity contribution in [3.05, 3.63) is 54.0 Å². The van der Waals surface area contributed by atoms with E-state index in [1.165, 1.54) is 17.0 Å². The van der Waals surface area contributed by atoms with Crippen molar-refractivity contribution < 1.29 is 33.0 Å². The fraction of sp³-hybridized carbons (Fsp3) is 0.478. The molecular formula is C23H32N5O7PSi. The average molecular weight is 550 g/mol. The largest absolute Gasteiger partial charge is 0.408 e. The molecule has 0 bridgehead atoms. The monoisotopic (exact) mass is 549 g/mol. The van der Waals surface area contributed by atoms with Gasteiger partial charge in [0.1, 0.15) is 30.7 Å². The second-order valence-electron chi connectivity index (χ2n) is 10.3. The van der Waals surface area contributed by atoms with E-state index >= 15 is 0 Å². The fourth-order valence-corrected chi connectivity index (χ4v) is 5.72. The van der Waals surface area contributed by atoms with E-state index in [4.69, 9.17) is 13.7 Å². The van der Waals surface area contributed by atoms with Crippen molar-refractivity contribution in [2.45, 2.75) is 63.3 Å². The molecule has 5 atom stereocenters. The number of carbonyl (C=O) groups excluding carboxylic acids is 1. The zero-order valence-electron chi connectivity index (χ0n) is 21.3. The lowest BCUT2D eigenvalue weighted by molar-refractivity contribution is -0.0181. The Morgan fingerprint density at radius 1 is 1.22 bits per heavy atom. The van der Waals surface area contributed by atoms with E-state index in [0.717, 1.165) is 0 Å². The molecule has 0 aliphatic carbocycles. The lowest BCUT2D eigenvalue weighted by Gasteiger charge is -2.40. The molecule has 12 nitrogen and oxygen atoms in total. The number of anilines is 1. The number of aromatic nitrogens is 4. The summed E-state index contributed by atoms with van der Waals surface area (Å²) in [5.41, 5.74) is 1.30. The van der Waals surface area contributed by atoms with Crippen molar-refractivity contribution >= 4 is 34.1 Å². The summed E-state index contributed by atoms with van der Waals surface area (Å²) in [6, 6.07) is 8.69. The number of aliphatic hydroxyl groups excluding tert-OH is 1. The third kappa shape index (κ3) is 5.67. The summed E-state index contributed by atoms with van der Waals surface area (Å²) < 4.78 is 31.2. The summed E-state index contributed by atoms with van der Waals surface area (Å²) in [7, 11) is -5.79. The summed E-state index contributed by atoms with van der Waals surface area (Å²) in [6.45, 7) is 9.86. The van der Waals surface area contributed by atoms with E-state index in [2.05, 4.69) is 41.2 Å². The van der Waals surface area contributed by atoms with Crippen molar-refractivity contribution in [2.75, 3.05) is 11.9 Å². The van der Waals surface area contributed by atoms with Gasteiger partial charge in [-0.05, 0) is 30.3 Å². The van der Waals surface area contributed by atoms with Crippen LogP contribution < -0.4 is 5.32 Å². The Morgan fingerprint density at radius 2 is 1.92 bits per heavy atom. The van der Waals surface area contributed by atoms with Crippen molar-refractivity contribution in [1.29, 1.82) is 0 Å². The molecule has 14 heteroatoms. The summed E-state index contributed by atoms with van der Waals surface area (Å²) in [4.78, 5) is 30.8. The van der Waals surface area contributed by atoms with Gasteiger partial charge in [0.2, 0.25) is 5.95 Å². The Kier molecular flexibility index (Phi) is 7.95. The molecule has 4 rings (SSSR count). The van der Waals surface area contributed by atoms with E-state index in [1.807, 2.05) is 19.2 Å². The number of aliphatic hydroxyl groups is 1. The molecule has 3 heterocycles. The number of amides is 1. The number of hydrogen-bond donors (Lipinski definition) is 3. The topological polar surface area (TPSA) is 157 Å². The molecule has 0 radical (unpaired) electrons. The highest BCUT2D eigenvalue weighted by molar-refractivity contribution is 7.32. The molecule has 1 aliphatic heterocycles. The van der Waals surface area contributed by atoms with Gasteiger partial charge in [0.25, 0.3) is 5.91 Å². The predicted octanol–water partition coefficient (Wildman–Crippen LogP) is 2.97. The number of nitrogens with zero attached hydrogens (tertiary/aromatic N) is 4.